The van der Waals surface area contributed by atoms with Crippen molar-refractivity contribution in [1.82, 2.24) is 0 Å². The van der Waals surface area contributed by atoms with E-state index in [4.69, 9.17) is 5.73 Å². The highest BCUT2D eigenvalue weighted by Gasteiger charge is 2.31. The fraction of sp³-hybridized carbons (Fsp3) is 0.417. The van der Waals surface area contributed by atoms with Gasteiger partial charge in [-0.25, -0.2) is 4.39 Å². The summed E-state index contributed by atoms with van der Waals surface area (Å²) in [5.74, 6) is -1.58. The molecule has 0 radical (unpaired) electrons. The zero-order valence-corrected chi connectivity index (χ0v) is 10.4. The summed E-state index contributed by atoms with van der Waals surface area (Å²) in [6.45, 7) is 3.16. The average Bonchev–Trinajstić information content (AvgIpc) is 2.16. The molecule has 0 aliphatic heterocycles. The van der Waals surface area contributed by atoms with Gasteiger partial charge in [0.15, 0.2) is 0 Å². The molecule has 1 amide bonds. The average molecular weight is 278 g/mol. The second kappa shape index (κ2) is 5.16. The number of nitrogens with two attached hydrogens (primary N) is 1. The Morgan fingerprint density at radius 2 is 1.89 bits per heavy atom. The Kier molecular flexibility index (Phi) is 4.19. The number of nitrogens with one attached hydrogen (secondary N) is 1. The van der Waals surface area contributed by atoms with Crippen molar-refractivity contribution in [3.8, 4) is 0 Å². The number of amides is 1. The zero-order chi connectivity index (χ0) is 14.8. The Labute approximate surface area is 107 Å². The molecule has 0 fully saturated rings. The number of halogens is 4. The second-order valence-electron chi connectivity index (χ2n) is 4.91. The minimum absolute atomic E-state index is 0.136. The Hall–Kier alpha value is -1.63. The van der Waals surface area contributed by atoms with Crippen molar-refractivity contribution in [1.29, 1.82) is 0 Å². The first-order chi connectivity index (χ1) is 8.49. The molecule has 1 rings (SSSR count). The number of rotatable bonds is 3. The molecule has 7 heteroatoms. The van der Waals surface area contributed by atoms with Gasteiger partial charge >= 0.3 is 6.18 Å². The molecule has 0 aliphatic rings. The van der Waals surface area contributed by atoms with Crippen LogP contribution in [-0.2, 0) is 11.0 Å². The summed E-state index contributed by atoms with van der Waals surface area (Å²) >= 11 is 0. The molecule has 1 aromatic rings. The first kappa shape index (κ1) is 15.4. The van der Waals surface area contributed by atoms with E-state index in [2.05, 4.69) is 5.32 Å². The monoisotopic (exact) mass is 278 g/mol. The van der Waals surface area contributed by atoms with Gasteiger partial charge in [0.05, 0.1) is 11.3 Å². The van der Waals surface area contributed by atoms with Crippen LogP contribution < -0.4 is 11.1 Å². The number of benzene rings is 1. The maximum Gasteiger partial charge on any atom is 0.416 e. The van der Waals surface area contributed by atoms with Gasteiger partial charge in [-0.1, -0.05) is 0 Å². The van der Waals surface area contributed by atoms with Crippen molar-refractivity contribution in [2.24, 2.45) is 5.73 Å². The lowest BCUT2D eigenvalue weighted by atomic mass is 10.0. The van der Waals surface area contributed by atoms with Crippen LogP contribution >= 0.6 is 0 Å². The van der Waals surface area contributed by atoms with E-state index < -0.39 is 34.7 Å². The van der Waals surface area contributed by atoms with Gasteiger partial charge in [-0.15, -0.1) is 0 Å². The van der Waals surface area contributed by atoms with E-state index in [-0.39, 0.29) is 6.42 Å². The number of carbonyl (C=O) groups excluding carboxylic acids is 1. The third-order valence-electron chi connectivity index (χ3n) is 2.18. The Morgan fingerprint density at radius 1 is 1.32 bits per heavy atom. The van der Waals surface area contributed by atoms with Gasteiger partial charge in [0.1, 0.15) is 5.82 Å². The van der Waals surface area contributed by atoms with Crippen molar-refractivity contribution in [3.05, 3.63) is 29.6 Å². The van der Waals surface area contributed by atoms with Crippen LogP contribution in [0.1, 0.15) is 25.8 Å². The SMILES string of the molecule is CC(C)(N)CC(=O)Nc1cc(C(F)(F)F)ccc1F. The summed E-state index contributed by atoms with van der Waals surface area (Å²) in [5, 5.41) is 2.09. The predicted molar refractivity (Wildman–Crippen MR) is 62.9 cm³/mol. The van der Waals surface area contributed by atoms with Crippen molar-refractivity contribution < 1.29 is 22.4 Å². The Balaban J connectivity index is 2.92. The minimum atomic E-state index is -4.60. The molecule has 0 atom stereocenters. The van der Waals surface area contributed by atoms with Crippen molar-refractivity contribution >= 4 is 11.6 Å². The van der Waals surface area contributed by atoms with Crippen LogP contribution in [0.2, 0.25) is 0 Å². The van der Waals surface area contributed by atoms with Crippen LogP contribution in [0.5, 0.6) is 0 Å². The van der Waals surface area contributed by atoms with Gasteiger partial charge in [-0.3, -0.25) is 4.79 Å². The van der Waals surface area contributed by atoms with Gasteiger partial charge in [0.2, 0.25) is 5.91 Å². The largest absolute Gasteiger partial charge is 0.416 e. The van der Waals surface area contributed by atoms with Gasteiger partial charge in [-0.2, -0.15) is 13.2 Å². The molecule has 0 saturated heterocycles. The minimum Gasteiger partial charge on any atom is -0.325 e. The molecule has 19 heavy (non-hydrogen) atoms. The molecule has 0 heterocycles. The first-order valence-electron chi connectivity index (χ1n) is 5.44. The molecule has 0 unspecified atom stereocenters. The van der Waals surface area contributed by atoms with Gasteiger partial charge < -0.3 is 11.1 Å². The van der Waals surface area contributed by atoms with Crippen LogP contribution in [0.4, 0.5) is 23.2 Å². The number of hydrogen-bond acceptors (Lipinski definition) is 2. The van der Waals surface area contributed by atoms with Crippen LogP contribution in [0.25, 0.3) is 0 Å². The van der Waals surface area contributed by atoms with Crippen LogP contribution in [0.3, 0.4) is 0 Å². The maximum absolute atomic E-state index is 13.3. The smallest absolute Gasteiger partial charge is 0.325 e. The van der Waals surface area contributed by atoms with Crippen molar-refractivity contribution in [2.75, 3.05) is 5.32 Å². The molecular formula is C12H14F4N2O. The molecule has 3 N–H and O–H groups in total. The standard InChI is InChI=1S/C12H14F4N2O/c1-11(2,17)6-10(19)18-9-5-7(12(14,15)16)3-4-8(9)13/h3-5H,6,17H2,1-2H3,(H,18,19). The summed E-state index contributed by atoms with van der Waals surface area (Å²) < 4.78 is 50.7. The lowest BCUT2D eigenvalue weighted by Gasteiger charge is -2.18. The number of anilines is 1. The quantitative estimate of drug-likeness (QED) is 0.835. The van der Waals surface area contributed by atoms with Crippen LogP contribution in [0.15, 0.2) is 18.2 Å². The van der Waals surface area contributed by atoms with Gasteiger partial charge in [0, 0.05) is 12.0 Å². The third-order valence-corrected chi connectivity index (χ3v) is 2.18. The Morgan fingerprint density at radius 3 is 2.37 bits per heavy atom. The molecule has 0 spiro atoms. The summed E-state index contributed by atoms with van der Waals surface area (Å²) in [6.07, 6.45) is -4.73. The second-order valence-corrected chi connectivity index (χ2v) is 4.91. The van der Waals surface area contributed by atoms with E-state index in [1.807, 2.05) is 0 Å². The molecule has 1 aromatic carbocycles. The molecular weight excluding hydrogens is 264 g/mol. The summed E-state index contributed by atoms with van der Waals surface area (Å²) in [6, 6.07) is 1.82. The van der Waals surface area contributed by atoms with E-state index in [0.29, 0.717) is 18.2 Å². The molecule has 0 aromatic heterocycles. The van der Waals surface area contributed by atoms with Gasteiger partial charge in [-0.05, 0) is 32.0 Å². The third kappa shape index (κ3) is 4.86. The van der Waals surface area contributed by atoms with E-state index in [0.717, 1.165) is 0 Å². The fourth-order valence-electron chi connectivity index (χ4n) is 1.41. The lowest BCUT2D eigenvalue weighted by molar-refractivity contribution is -0.137. The molecule has 0 bridgehead atoms. The highest BCUT2D eigenvalue weighted by Crippen LogP contribution is 2.31. The van der Waals surface area contributed by atoms with Crippen molar-refractivity contribution in [3.63, 3.8) is 0 Å². The molecule has 0 saturated carbocycles. The zero-order valence-electron chi connectivity index (χ0n) is 10.4. The van der Waals surface area contributed by atoms with Crippen LogP contribution in [-0.4, -0.2) is 11.4 Å². The molecule has 3 nitrogen and oxygen atoms in total. The lowest BCUT2D eigenvalue weighted by Crippen LogP contribution is -2.36. The van der Waals surface area contributed by atoms with Crippen molar-refractivity contribution in [2.45, 2.75) is 32.0 Å². The molecule has 0 aliphatic carbocycles. The maximum atomic E-state index is 13.3. The van der Waals surface area contributed by atoms with E-state index in [9.17, 15) is 22.4 Å². The summed E-state index contributed by atoms with van der Waals surface area (Å²) in [7, 11) is 0. The Bertz CT molecular complexity index is 478. The number of alkyl halides is 3. The fourth-order valence-corrected chi connectivity index (χ4v) is 1.41. The predicted octanol–water partition coefficient (Wildman–Crippen LogP) is 2.91. The first-order valence-corrected chi connectivity index (χ1v) is 5.44. The number of carbonyl (C=O) groups is 1. The van der Waals surface area contributed by atoms with Gasteiger partial charge in [0.25, 0.3) is 0 Å². The topological polar surface area (TPSA) is 55.1 Å². The summed E-state index contributed by atoms with van der Waals surface area (Å²) in [5.41, 5.74) is 3.22. The highest BCUT2D eigenvalue weighted by molar-refractivity contribution is 5.91. The van der Waals surface area contributed by atoms with E-state index in [1.54, 1.807) is 13.8 Å². The highest BCUT2D eigenvalue weighted by atomic mass is 19.4. The molecule has 106 valence electrons. The summed E-state index contributed by atoms with van der Waals surface area (Å²) in [4.78, 5) is 11.5. The van der Waals surface area contributed by atoms with E-state index in [1.165, 1.54) is 0 Å². The number of hydrogen-bond donors (Lipinski definition) is 2. The normalized spacial score (nSPS) is 12.4. The van der Waals surface area contributed by atoms with E-state index >= 15 is 0 Å². The van der Waals surface area contributed by atoms with Crippen LogP contribution in [0, 0.1) is 5.82 Å².